The van der Waals surface area contributed by atoms with Crippen LogP contribution in [0.3, 0.4) is 0 Å². The van der Waals surface area contributed by atoms with Crippen LogP contribution in [0.4, 0.5) is 0 Å². The van der Waals surface area contributed by atoms with Gasteiger partial charge in [0.1, 0.15) is 6.61 Å². The Kier molecular flexibility index (Phi) is 3.26. The maximum absolute atomic E-state index is 11.5. The highest BCUT2D eigenvalue weighted by molar-refractivity contribution is 9.09. The van der Waals surface area contributed by atoms with Crippen LogP contribution in [0.5, 0.6) is 0 Å². The summed E-state index contributed by atoms with van der Waals surface area (Å²) in [5, 5.41) is 0.722. The van der Waals surface area contributed by atoms with E-state index in [9.17, 15) is 4.79 Å². The third-order valence-electron chi connectivity index (χ3n) is 3.16. The molecule has 2 nitrogen and oxygen atoms in total. The first kappa shape index (κ1) is 10.2. The lowest BCUT2D eigenvalue weighted by atomic mass is 9.66. The van der Waals surface area contributed by atoms with Crippen molar-refractivity contribution in [3.8, 4) is 0 Å². The van der Waals surface area contributed by atoms with Gasteiger partial charge < -0.3 is 4.74 Å². The molecule has 2 atom stereocenters. The summed E-state index contributed by atoms with van der Waals surface area (Å²) in [5.74, 6) is 1.11. The first-order valence-corrected chi connectivity index (χ1v) is 6.40. The summed E-state index contributed by atoms with van der Waals surface area (Å²) >= 11 is 3.24. The molecule has 0 N–H and O–H groups in total. The molecule has 3 heteroatoms. The average Bonchev–Trinajstić information content (AvgIpc) is 2.17. The number of ether oxygens (including phenoxy) is 1. The smallest absolute Gasteiger partial charge is 0.334 e. The van der Waals surface area contributed by atoms with Gasteiger partial charge in [-0.15, -0.1) is 0 Å². The second-order valence-corrected chi connectivity index (χ2v) is 4.79. The van der Waals surface area contributed by atoms with E-state index in [1.165, 1.54) is 25.7 Å². The van der Waals surface area contributed by atoms with E-state index in [1.807, 2.05) is 0 Å². The molecule has 0 amide bonds. The van der Waals surface area contributed by atoms with E-state index >= 15 is 0 Å². The Bertz CT molecular complexity index is 260. The van der Waals surface area contributed by atoms with Crippen LogP contribution in [0.2, 0.25) is 0 Å². The molecule has 0 saturated heterocycles. The molecule has 2 aliphatic carbocycles. The van der Waals surface area contributed by atoms with Gasteiger partial charge in [0.05, 0.1) is 0 Å². The van der Waals surface area contributed by atoms with Gasteiger partial charge >= 0.3 is 5.97 Å². The Hall–Kier alpha value is -0.310. The van der Waals surface area contributed by atoms with E-state index in [0.29, 0.717) is 18.4 Å². The lowest BCUT2D eigenvalue weighted by molar-refractivity contribution is -0.140. The minimum absolute atomic E-state index is 0.0902. The molecule has 14 heavy (non-hydrogen) atoms. The zero-order valence-corrected chi connectivity index (χ0v) is 9.76. The molecule has 0 spiro atoms. The highest BCUT2D eigenvalue weighted by Gasteiger charge is 2.38. The third-order valence-corrected chi connectivity index (χ3v) is 3.48. The number of alkyl halides is 1. The van der Waals surface area contributed by atoms with E-state index in [0.717, 1.165) is 10.9 Å². The van der Waals surface area contributed by atoms with E-state index in [4.69, 9.17) is 4.74 Å². The summed E-state index contributed by atoms with van der Waals surface area (Å²) in [5.41, 5.74) is 0.940. The Morgan fingerprint density at radius 3 is 3.00 bits per heavy atom. The van der Waals surface area contributed by atoms with Gasteiger partial charge in [0, 0.05) is 10.9 Å². The maximum atomic E-state index is 11.5. The predicted octanol–water partition coefficient (Wildman–Crippen LogP) is 2.67. The molecule has 78 valence electrons. The van der Waals surface area contributed by atoms with Crippen molar-refractivity contribution in [3.63, 3.8) is 0 Å². The van der Waals surface area contributed by atoms with Gasteiger partial charge in [0.15, 0.2) is 0 Å². The number of carbonyl (C=O) groups excluding carboxylic acids is 1. The van der Waals surface area contributed by atoms with Crippen LogP contribution >= 0.6 is 15.9 Å². The monoisotopic (exact) mass is 258 g/mol. The van der Waals surface area contributed by atoms with Gasteiger partial charge in [-0.1, -0.05) is 34.8 Å². The Balaban J connectivity index is 1.90. The molecule has 0 radical (unpaired) electrons. The summed E-state index contributed by atoms with van der Waals surface area (Å²) in [4.78, 5) is 11.5. The third kappa shape index (κ3) is 1.88. The molecule has 1 fully saturated rings. The quantitative estimate of drug-likeness (QED) is 0.575. The van der Waals surface area contributed by atoms with Crippen molar-refractivity contribution in [2.75, 3.05) is 11.9 Å². The van der Waals surface area contributed by atoms with Gasteiger partial charge in [-0.25, -0.2) is 4.79 Å². The highest BCUT2D eigenvalue weighted by Crippen LogP contribution is 2.44. The van der Waals surface area contributed by atoms with E-state index in [1.54, 1.807) is 0 Å². The van der Waals surface area contributed by atoms with Crippen LogP contribution in [-0.4, -0.2) is 17.9 Å². The zero-order valence-electron chi connectivity index (χ0n) is 8.17. The minimum atomic E-state index is -0.0902. The molecule has 0 heterocycles. The second-order valence-electron chi connectivity index (χ2n) is 4.00. The van der Waals surface area contributed by atoms with E-state index in [-0.39, 0.29) is 5.97 Å². The SMILES string of the molecule is O=C(OCCBr)C1=CC2CCCCC12. The highest BCUT2D eigenvalue weighted by atomic mass is 79.9. The second kappa shape index (κ2) is 4.47. The Morgan fingerprint density at radius 2 is 2.29 bits per heavy atom. The van der Waals surface area contributed by atoms with Crippen molar-refractivity contribution in [1.29, 1.82) is 0 Å². The topological polar surface area (TPSA) is 26.3 Å². The van der Waals surface area contributed by atoms with Crippen LogP contribution in [-0.2, 0) is 9.53 Å². The standard InChI is InChI=1S/C11H15BrO2/c12-5-6-14-11(13)10-7-8-3-1-2-4-9(8)10/h7-9H,1-6H2. The Morgan fingerprint density at radius 1 is 1.50 bits per heavy atom. The lowest BCUT2D eigenvalue weighted by Crippen LogP contribution is -2.33. The number of rotatable bonds is 3. The van der Waals surface area contributed by atoms with E-state index < -0.39 is 0 Å². The summed E-state index contributed by atoms with van der Waals surface area (Å²) in [7, 11) is 0. The molecule has 1 saturated carbocycles. The van der Waals surface area contributed by atoms with E-state index in [2.05, 4.69) is 22.0 Å². The van der Waals surface area contributed by atoms with Crippen molar-refractivity contribution < 1.29 is 9.53 Å². The van der Waals surface area contributed by atoms with Crippen molar-refractivity contribution in [1.82, 2.24) is 0 Å². The largest absolute Gasteiger partial charge is 0.461 e. The maximum Gasteiger partial charge on any atom is 0.334 e. The van der Waals surface area contributed by atoms with Crippen LogP contribution in [0, 0.1) is 11.8 Å². The predicted molar refractivity (Wildman–Crippen MR) is 58.3 cm³/mol. The average molecular weight is 259 g/mol. The first-order valence-electron chi connectivity index (χ1n) is 5.27. The van der Waals surface area contributed by atoms with Gasteiger partial charge in [-0.05, 0) is 24.7 Å². The van der Waals surface area contributed by atoms with Gasteiger partial charge in [0.2, 0.25) is 0 Å². The zero-order chi connectivity index (χ0) is 9.97. The van der Waals surface area contributed by atoms with Gasteiger partial charge in [-0.3, -0.25) is 0 Å². The van der Waals surface area contributed by atoms with Crippen molar-refractivity contribution in [2.24, 2.45) is 11.8 Å². The first-order chi connectivity index (χ1) is 6.83. The van der Waals surface area contributed by atoms with Crippen molar-refractivity contribution >= 4 is 21.9 Å². The number of allylic oxidation sites excluding steroid dienone is 1. The number of carbonyl (C=O) groups is 1. The van der Waals surface area contributed by atoms with Gasteiger partial charge in [-0.2, -0.15) is 0 Å². The van der Waals surface area contributed by atoms with Crippen molar-refractivity contribution in [2.45, 2.75) is 25.7 Å². The number of hydrogen-bond acceptors (Lipinski definition) is 2. The molecule has 2 unspecified atom stereocenters. The van der Waals surface area contributed by atoms with Crippen LogP contribution in [0.15, 0.2) is 11.6 Å². The van der Waals surface area contributed by atoms with Crippen LogP contribution in [0.25, 0.3) is 0 Å². The normalized spacial score (nSPS) is 29.9. The fraction of sp³-hybridized carbons (Fsp3) is 0.727. The summed E-state index contributed by atoms with van der Waals surface area (Å²) in [6, 6.07) is 0. The lowest BCUT2D eigenvalue weighted by Gasteiger charge is -2.38. The molecular formula is C11H15BrO2. The van der Waals surface area contributed by atoms with Crippen molar-refractivity contribution in [3.05, 3.63) is 11.6 Å². The number of halogens is 1. The summed E-state index contributed by atoms with van der Waals surface area (Å²) < 4.78 is 5.09. The summed E-state index contributed by atoms with van der Waals surface area (Å²) in [6.07, 6.45) is 7.14. The molecule has 0 aromatic rings. The van der Waals surface area contributed by atoms with Gasteiger partial charge in [0.25, 0.3) is 0 Å². The molecule has 0 aromatic carbocycles. The molecule has 0 bridgehead atoms. The fourth-order valence-corrected chi connectivity index (χ4v) is 2.58. The molecular weight excluding hydrogens is 244 g/mol. The Labute approximate surface area is 92.8 Å². The molecule has 2 rings (SSSR count). The molecule has 2 aliphatic rings. The number of hydrogen-bond donors (Lipinski definition) is 0. The number of esters is 1. The molecule has 0 aliphatic heterocycles. The minimum Gasteiger partial charge on any atom is -0.461 e. The van der Waals surface area contributed by atoms with Crippen LogP contribution < -0.4 is 0 Å². The molecule has 0 aromatic heterocycles. The fourth-order valence-electron chi connectivity index (χ4n) is 2.41. The summed E-state index contributed by atoms with van der Waals surface area (Å²) in [6.45, 7) is 0.480. The number of fused-ring (bicyclic) bond motifs is 1. The van der Waals surface area contributed by atoms with Crippen LogP contribution in [0.1, 0.15) is 25.7 Å².